The van der Waals surface area contributed by atoms with Crippen molar-refractivity contribution in [3.05, 3.63) is 24.3 Å². The molecule has 0 aliphatic carbocycles. The normalized spacial score (nSPS) is 16.2. The average Bonchev–Trinajstić information content (AvgIpc) is 2.90. The van der Waals surface area contributed by atoms with Gasteiger partial charge in [0.15, 0.2) is 0 Å². The van der Waals surface area contributed by atoms with Gasteiger partial charge in [0.25, 0.3) is 0 Å². The van der Waals surface area contributed by atoms with Gasteiger partial charge in [0, 0.05) is 26.2 Å². The molecule has 0 unspecified atom stereocenters. The second-order valence-electron chi connectivity index (χ2n) is 5.02. The average molecular weight is 289 g/mol. The Labute approximate surface area is 122 Å². The first-order chi connectivity index (χ1) is 10.3. The SMILES string of the molecule is O=C(Cn1nc2ccccc2n1)NCCN1CCOCC1. The van der Waals surface area contributed by atoms with Gasteiger partial charge in [-0.25, -0.2) is 0 Å². The van der Waals surface area contributed by atoms with Gasteiger partial charge in [-0.15, -0.1) is 0 Å². The highest BCUT2D eigenvalue weighted by Gasteiger charge is 2.11. The fraction of sp³-hybridized carbons (Fsp3) is 0.500. The highest BCUT2D eigenvalue weighted by molar-refractivity contribution is 5.77. The number of hydrogen-bond donors (Lipinski definition) is 1. The first-order valence-electron chi connectivity index (χ1n) is 7.18. The summed E-state index contributed by atoms with van der Waals surface area (Å²) in [5, 5.41) is 11.4. The van der Waals surface area contributed by atoms with Crippen LogP contribution in [-0.2, 0) is 16.1 Å². The van der Waals surface area contributed by atoms with Crippen LogP contribution in [-0.4, -0.2) is 65.2 Å². The summed E-state index contributed by atoms with van der Waals surface area (Å²) >= 11 is 0. The number of morpholine rings is 1. The lowest BCUT2D eigenvalue weighted by Gasteiger charge is -2.26. The molecule has 112 valence electrons. The Hall–Kier alpha value is -1.99. The molecule has 1 aromatic heterocycles. The molecule has 2 aromatic rings. The van der Waals surface area contributed by atoms with Crippen molar-refractivity contribution in [2.45, 2.75) is 6.54 Å². The molecular formula is C14H19N5O2. The van der Waals surface area contributed by atoms with Gasteiger partial charge in [-0.2, -0.15) is 15.0 Å². The van der Waals surface area contributed by atoms with Crippen LogP contribution in [0, 0.1) is 0 Å². The number of nitrogens with one attached hydrogen (secondary N) is 1. The van der Waals surface area contributed by atoms with Gasteiger partial charge in [-0.3, -0.25) is 9.69 Å². The molecule has 0 atom stereocenters. The molecule has 1 aromatic carbocycles. The maximum absolute atomic E-state index is 11.9. The second-order valence-corrected chi connectivity index (χ2v) is 5.02. The van der Waals surface area contributed by atoms with Gasteiger partial charge in [-0.05, 0) is 12.1 Å². The smallest absolute Gasteiger partial charge is 0.243 e. The highest BCUT2D eigenvalue weighted by atomic mass is 16.5. The maximum atomic E-state index is 11.9. The lowest BCUT2D eigenvalue weighted by Crippen LogP contribution is -2.41. The Morgan fingerprint density at radius 1 is 1.19 bits per heavy atom. The zero-order valence-electron chi connectivity index (χ0n) is 11.9. The van der Waals surface area contributed by atoms with E-state index < -0.39 is 0 Å². The van der Waals surface area contributed by atoms with Crippen LogP contribution in [0.5, 0.6) is 0 Å². The molecule has 1 saturated heterocycles. The number of carbonyl (C=O) groups is 1. The third-order valence-electron chi connectivity index (χ3n) is 3.47. The van der Waals surface area contributed by atoms with Crippen molar-refractivity contribution in [2.24, 2.45) is 0 Å². The van der Waals surface area contributed by atoms with E-state index >= 15 is 0 Å². The van der Waals surface area contributed by atoms with Crippen LogP contribution in [0.1, 0.15) is 0 Å². The van der Waals surface area contributed by atoms with Gasteiger partial charge in [0.05, 0.1) is 13.2 Å². The minimum Gasteiger partial charge on any atom is -0.379 e. The monoisotopic (exact) mass is 289 g/mol. The van der Waals surface area contributed by atoms with Gasteiger partial charge >= 0.3 is 0 Å². The Morgan fingerprint density at radius 2 is 1.86 bits per heavy atom. The molecule has 2 heterocycles. The van der Waals surface area contributed by atoms with E-state index in [2.05, 4.69) is 20.4 Å². The molecule has 21 heavy (non-hydrogen) atoms. The number of carbonyl (C=O) groups excluding carboxylic acids is 1. The predicted octanol–water partition coefficient (Wildman–Crippen LogP) is -0.120. The van der Waals surface area contributed by atoms with E-state index in [-0.39, 0.29) is 12.5 Å². The lowest BCUT2D eigenvalue weighted by molar-refractivity contribution is -0.122. The van der Waals surface area contributed by atoms with E-state index in [0.717, 1.165) is 43.9 Å². The number of fused-ring (bicyclic) bond motifs is 1. The summed E-state index contributed by atoms with van der Waals surface area (Å²) < 4.78 is 5.29. The van der Waals surface area contributed by atoms with E-state index in [0.29, 0.717) is 6.54 Å². The van der Waals surface area contributed by atoms with Crippen LogP contribution in [0.25, 0.3) is 11.0 Å². The molecule has 1 amide bonds. The van der Waals surface area contributed by atoms with Crippen molar-refractivity contribution in [2.75, 3.05) is 39.4 Å². The van der Waals surface area contributed by atoms with Crippen molar-refractivity contribution in [3.63, 3.8) is 0 Å². The molecule has 1 N–H and O–H groups in total. The molecule has 0 spiro atoms. The zero-order chi connectivity index (χ0) is 14.5. The largest absolute Gasteiger partial charge is 0.379 e. The topological polar surface area (TPSA) is 72.3 Å². The van der Waals surface area contributed by atoms with E-state index in [1.54, 1.807) is 0 Å². The Morgan fingerprint density at radius 3 is 2.52 bits per heavy atom. The minimum atomic E-state index is -0.0661. The summed E-state index contributed by atoms with van der Waals surface area (Å²) in [6, 6.07) is 7.58. The van der Waals surface area contributed by atoms with Crippen LogP contribution in [0.3, 0.4) is 0 Å². The van der Waals surface area contributed by atoms with Crippen molar-refractivity contribution >= 4 is 16.9 Å². The third-order valence-corrected chi connectivity index (χ3v) is 3.47. The quantitative estimate of drug-likeness (QED) is 0.831. The summed E-state index contributed by atoms with van der Waals surface area (Å²) in [6.07, 6.45) is 0. The summed E-state index contributed by atoms with van der Waals surface area (Å²) in [6.45, 7) is 5.06. The highest BCUT2D eigenvalue weighted by Crippen LogP contribution is 2.06. The number of hydrogen-bond acceptors (Lipinski definition) is 5. The zero-order valence-corrected chi connectivity index (χ0v) is 11.9. The molecule has 0 radical (unpaired) electrons. The number of aromatic nitrogens is 3. The number of amides is 1. The van der Waals surface area contributed by atoms with Crippen LogP contribution < -0.4 is 5.32 Å². The maximum Gasteiger partial charge on any atom is 0.243 e. The molecule has 0 bridgehead atoms. The number of ether oxygens (including phenoxy) is 1. The van der Waals surface area contributed by atoms with Crippen molar-refractivity contribution in [1.82, 2.24) is 25.2 Å². The lowest BCUT2D eigenvalue weighted by atomic mass is 10.3. The number of benzene rings is 1. The molecule has 0 saturated carbocycles. The summed E-state index contributed by atoms with van der Waals surface area (Å²) in [5.74, 6) is -0.0661. The van der Waals surface area contributed by atoms with E-state index in [9.17, 15) is 4.79 Å². The van der Waals surface area contributed by atoms with Gasteiger partial charge in [-0.1, -0.05) is 12.1 Å². The van der Waals surface area contributed by atoms with Crippen LogP contribution in [0.4, 0.5) is 0 Å². The minimum absolute atomic E-state index is 0.0661. The fourth-order valence-electron chi connectivity index (χ4n) is 2.34. The Balaban J connectivity index is 1.45. The van der Waals surface area contributed by atoms with E-state index in [1.165, 1.54) is 4.80 Å². The fourth-order valence-corrected chi connectivity index (χ4v) is 2.34. The summed E-state index contributed by atoms with van der Waals surface area (Å²) in [4.78, 5) is 15.6. The van der Waals surface area contributed by atoms with Crippen molar-refractivity contribution in [3.8, 4) is 0 Å². The van der Waals surface area contributed by atoms with Crippen molar-refractivity contribution in [1.29, 1.82) is 0 Å². The summed E-state index contributed by atoms with van der Waals surface area (Å²) in [7, 11) is 0. The van der Waals surface area contributed by atoms with Crippen LogP contribution in [0.15, 0.2) is 24.3 Å². The van der Waals surface area contributed by atoms with Crippen molar-refractivity contribution < 1.29 is 9.53 Å². The standard InChI is InChI=1S/C14H19N5O2/c20-14(15-5-6-18-7-9-21-10-8-18)11-19-16-12-3-1-2-4-13(12)17-19/h1-4H,5-11H2,(H,15,20). The van der Waals surface area contributed by atoms with Gasteiger partial charge in [0.1, 0.15) is 17.6 Å². The first kappa shape index (κ1) is 14.0. The molecule has 1 aliphatic heterocycles. The second kappa shape index (κ2) is 6.64. The molecule has 1 aliphatic rings. The molecule has 3 rings (SSSR count). The van der Waals surface area contributed by atoms with E-state index in [1.807, 2.05) is 24.3 Å². The first-order valence-corrected chi connectivity index (χ1v) is 7.18. The van der Waals surface area contributed by atoms with Crippen LogP contribution in [0.2, 0.25) is 0 Å². The molecule has 7 heteroatoms. The predicted molar refractivity (Wildman–Crippen MR) is 77.8 cm³/mol. The van der Waals surface area contributed by atoms with Gasteiger partial charge in [0.2, 0.25) is 5.91 Å². The number of nitrogens with zero attached hydrogens (tertiary/aromatic N) is 4. The summed E-state index contributed by atoms with van der Waals surface area (Å²) in [5.41, 5.74) is 1.61. The molecule has 7 nitrogen and oxygen atoms in total. The third kappa shape index (κ3) is 3.77. The van der Waals surface area contributed by atoms with Gasteiger partial charge < -0.3 is 10.1 Å². The van der Waals surface area contributed by atoms with E-state index in [4.69, 9.17) is 4.74 Å². The Bertz CT molecular complexity index is 573. The molecule has 1 fully saturated rings. The Kier molecular flexibility index (Phi) is 4.42. The number of rotatable bonds is 5. The molecular weight excluding hydrogens is 270 g/mol. The van der Waals surface area contributed by atoms with Crippen LogP contribution >= 0.6 is 0 Å².